The summed E-state index contributed by atoms with van der Waals surface area (Å²) < 4.78 is 5.17. The highest BCUT2D eigenvalue weighted by molar-refractivity contribution is 6.32. The van der Waals surface area contributed by atoms with Crippen LogP contribution in [0.15, 0.2) is 42.5 Å². The van der Waals surface area contributed by atoms with Crippen LogP contribution < -0.4 is 10.2 Å². The Labute approximate surface area is 212 Å². The standard InChI is InChI=1S/C26H24Cl2N2O5/c1-12-6-13(2)8-15(7-12)29-19(31)11-35-26(34)14-4-3-5-16(9-14)30-24(32)20-17-10-18(21(20)25(30)33)23(28)22(17)27/h3-9,17-18,20-23H,10-11H2,1-2H3,(H,29,31)/t17-,18-,20-,21+,22+,23+/m1/s1. The van der Waals surface area contributed by atoms with Gasteiger partial charge in [-0.2, -0.15) is 0 Å². The molecule has 0 unspecified atom stereocenters. The zero-order valence-electron chi connectivity index (χ0n) is 19.2. The number of hydrogen-bond acceptors (Lipinski definition) is 5. The second-order valence-corrected chi connectivity index (χ2v) is 10.6. The number of nitrogens with one attached hydrogen (secondary N) is 1. The van der Waals surface area contributed by atoms with Gasteiger partial charge in [-0.05, 0) is 73.6 Å². The monoisotopic (exact) mass is 514 g/mol. The molecule has 1 aliphatic heterocycles. The number of carbonyl (C=O) groups excluding carboxylic acids is 4. The lowest BCUT2D eigenvalue weighted by atomic mass is 9.80. The molecule has 1 saturated heterocycles. The van der Waals surface area contributed by atoms with E-state index in [1.54, 1.807) is 12.1 Å². The molecular formula is C26H24Cl2N2O5. The van der Waals surface area contributed by atoms with E-state index in [9.17, 15) is 19.2 Å². The molecule has 182 valence electrons. The number of nitrogens with zero attached hydrogens (tertiary/aromatic N) is 1. The van der Waals surface area contributed by atoms with Crippen LogP contribution in [0.3, 0.4) is 0 Å². The molecule has 2 aromatic rings. The second kappa shape index (κ2) is 8.95. The summed E-state index contributed by atoms with van der Waals surface area (Å²) in [4.78, 5) is 52.4. The lowest BCUT2D eigenvalue weighted by Gasteiger charge is -2.28. The van der Waals surface area contributed by atoms with Gasteiger partial charge in [-0.3, -0.25) is 19.3 Å². The quantitative estimate of drug-likeness (QED) is 0.368. The molecule has 0 spiro atoms. The third-order valence-corrected chi connectivity index (χ3v) is 8.49. The number of halogens is 2. The molecule has 3 fully saturated rings. The van der Waals surface area contributed by atoms with Crippen LogP contribution in [0.25, 0.3) is 0 Å². The number of rotatable bonds is 5. The van der Waals surface area contributed by atoms with Gasteiger partial charge in [0.05, 0.1) is 33.8 Å². The van der Waals surface area contributed by atoms with Gasteiger partial charge in [0, 0.05) is 5.69 Å². The number of benzene rings is 2. The smallest absolute Gasteiger partial charge is 0.338 e. The average molecular weight is 515 g/mol. The average Bonchev–Trinajstić information content (AvgIpc) is 3.41. The van der Waals surface area contributed by atoms with E-state index in [-0.39, 0.29) is 40.0 Å². The highest BCUT2D eigenvalue weighted by Crippen LogP contribution is 2.59. The first-order valence-electron chi connectivity index (χ1n) is 11.5. The molecular weight excluding hydrogens is 491 g/mol. The highest BCUT2D eigenvalue weighted by atomic mass is 35.5. The number of esters is 1. The zero-order chi connectivity index (χ0) is 25.0. The van der Waals surface area contributed by atoms with E-state index in [0.29, 0.717) is 17.8 Å². The summed E-state index contributed by atoms with van der Waals surface area (Å²) in [6, 6.07) is 11.7. The van der Waals surface area contributed by atoms with Gasteiger partial charge in [-0.15, -0.1) is 23.2 Å². The maximum atomic E-state index is 13.2. The van der Waals surface area contributed by atoms with Crippen LogP contribution in [0.5, 0.6) is 0 Å². The van der Waals surface area contributed by atoms with Gasteiger partial charge in [0.15, 0.2) is 6.61 Å². The fraction of sp³-hybridized carbons (Fsp3) is 0.385. The van der Waals surface area contributed by atoms with Crippen molar-refractivity contribution >= 4 is 58.3 Å². The van der Waals surface area contributed by atoms with E-state index >= 15 is 0 Å². The van der Waals surface area contributed by atoms with E-state index in [4.69, 9.17) is 27.9 Å². The van der Waals surface area contributed by atoms with Crippen molar-refractivity contribution in [2.24, 2.45) is 23.7 Å². The molecule has 6 atom stereocenters. The SMILES string of the molecule is Cc1cc(C)cc(NC(=O)COC(=O)c2cccc(N3C(=O)[C@@H]4[C@H]5C[C@@H]([C@H](Cl)[C@H]5Cl)[C@@H]4C3=O)c2)c1. The third kappa shape index (κ3) is 4.10. The Balaban J connectivity index is 1.26. The summed E-state index contributed by atoms with van der Waals surface area (Å²) >= 11 is 12.8. The van der Waals surface area contributed by atoms with Gasteiger partial charge in [0.2, 0.25) is 11.8 Å². The number of aryl methyl sites for hydroxylation is 2. The predicted octanol–water partition coefficient (Wildman–Crippen LogP) is 4.07. The first kappa shape index (κ1) is 23.8. The Morgan fingerprint density at radius 1 is 0.971 bits per heavy atom. The fourth-order valence-electron chi connectivity index (χ4n) is 5.83. The largest absolute Gasteiger partial charge is 0.452 e. The Morgan fingerprint density at radius 3 is 2.17 bits per heavy atom. The van der Waals surface area contributed by atoms with Gasteiger partial charge in [-0.25, -0.2) is 4.79 Å². The minimum absolute atomic E-state index is 0.125. The molecule has 1 N–H and O–H groups in total. The van der Waals surface area contributed by atoms with Crippen molar-refractivity contribution in [3.8, 4) is 0 Å². The van der Waals surface area contributed by atoms with E-state index in [0.717, 1.165) is 16.0 Å². The minimum Gasteiger partial charge on any atom is -0.452 e. The number of alkyl halides is 2. The summed E-state index contributed by atoms with van der Waals surface area (Å²) in [5.41, 5.74) is 3.04. The molecule has 0 aromatic heterocycles. The van der Waals surface area contributed by atoms with E-state index < -0.39 is 30.3 Å². The van der Waals surface area contributed by atoms with Crippen molar-refractivity contribution in [3.63, 3.8) is 0 Å². The van der Waals surface area contributed by atoms with Crippen molar-refractivity contribution in [1.29, 1.82) is 0 Å². The van der Waals surface area contributed by atoms with Crippen molar-refractivity contribution < 1.29 is 23.9 Å². The molecule has 2 aromatic carbocycles. The Hall–Kier alpha value is -2.90. The fourth-order valence-corrected chi connectivity index (χ4v) is 6.73. The van der Waals surface area contributed by atoms with Crippen molar-refractivity contribution in [1.82, 2.24) is 0 Å². The van der Waals surface area contributed by atoms with Crippen LogP contribution in [-0.4, -0.2) is 41.1 Å². The second-order valence-electron chi connectivity index (χ2n) is 9.57. The highest BCUT2D eigenvalue weighted by Gasteiger charge is 2.66. The van der Waals surface area contributed by atoms with Crippen LogP contribution in [0.2, 0.25) is 0 Å². The van der Waals surface area contributed by atoms with Crippen LogP contribution in [0.1, 0.15) is 27.9 Å². The number of amides is 3. The zero-order valence-corrected chi connectivity index (χ0v) is 20.7. The molecule has 35 heavy (non-hydrogen) atoms. The molecule has 3 amide bonds. The molecule has 3 aliphatic rings. The Bertz CT molecular complexity index is 1200. The number of ether oxygens (including phenoxy) is 1. The van der Waals surface area contributed by atoms with Crippen LogP contribution in [0, 0.1) is 37.5 Å². The van der Waals surface area contributed by atoms with Gasteiger partial charge in [0.25, 0.3) is 5.91 Å². The van der Waals surface area contributed by atoms with E-state index in [1.165, 1.54) is 12.1 Å². The molecule has 1 heterocycles. The molecule has 5 rings (SSSR count). The van der Waals surface area contributed by atoms with Gasteiger partial charge in [0.1, 0.15) is 0 Å². The summed E-state index contributed by atoms with van der Waals surface area (Å²) in [6.45, 7) is 3.37. The summed E-state index contributed by atoms with van der Waals surface area (Å²) in [7, 11) is 0. The summed E-state index contributed by atoms with van der Waals surface area (Å²) in [6.07, 6.45) is 0.680. The first-order valence-corrected chi connectivity index (χ1v) is 12.3. The van der Waals surface area contributed by atoms with Crippen molar-refractivity contribution in [2.75, 3.05) is 16.8 Å². The number of anilines is 2. The molecule has 2 aliphatic carbocycles. The molecule has 9 heteroatoms. The number of fused-ring (bicyclic) bond motifs is 5. The minimum atomic E-state index is -0.733. The van der Waals surface area contributed by atoms with Crippen molar-refractivity contribution in [3.05, 3.63) is 59.2 Å². The summed E-state index contributed by atoms with van der Waals surface area (Å²) in [5.74, 6) is -3.02. The Kier molecular flexibility index (Phi) is 6.09. The van der Waals surface area contributed by atoms with Crippen molar-refractivity contribution in [2.45, 2.75) is 31.0 Å². The van der Waals surface area contributed by atoms with Gasteiger partial charge in [-0.1, -0.05) is 12.1 Å². The maximum Gasteiger partial charge on any atom is 0.338 e. The normalized spacial score (nSPS) is 28.9. The first-order chi connectivity index (χ1) is 16.7. The molecule has 2 bridgehead atoms. The third-order valence-electron chi connectivity index (χ3n) is 7.17. The number of carbonyl (C=O) groups is 4. The number of imide groups is 1. The topological polar surface area (TPSA) is 92.8 Å². The lowest BCUT2D eigenvalue weighted by Crippen LogP contribution is -2.37. The maximum absolute atomic E-state index is 13.2. The predicted molar refractivity (Wildman–Crippen MR) is 132 cm³/mol. The van der Waals surface area contributed by atoms with E-state index in [2.05, 4.69) is 5.32 Å². The molecule has 7 nitrogen and oxygen atoms in total. The summed E-state index contributed by atoms with van der Waals surface area (Å²) in [5, 5.41) is 2.03. The number of hydrogen-bond donors (Lipinski definition) is 1. The van der Waals surface area contributed by atoms with E-state index in [1.807, 2.05) is 32.0 Å². The van der Waals surface area contributed by atoms with Gasteiger partial charge >= 0.3 is 5.97 Å². The van der Waals surface area contributed by atoms with Crippen LogP contribution in [0.4, 0.5) is 11.4 Å². The van der Waals surface area contributed by atoms with Crippen LogP contribution >= 0.6 is 23.2 Å². The lowest BCUT2D eigenvalue weighted by molar-refractivity contribution is -0.123. The van der Waals surface area contributed by atoms with Gasteiger partial charge < -0.3 is 10.1 Å². The van der Waals surface area contributed by atoms with Crippen LogP contribution in [-0.2, 0) is 19.1 Å². The molecule has 0 radical (unpaired) electrons. The Morgan fingerprint density at radius 2 is 1.57 bits per heavy atom. The molecule has 2 saturated carbocycles.